The van der Waals surface area contributed by atoms with Gasteiger partial charge in [-0.2, -0.15) is 0 Å². The van der Waals surface area contributed by atoms with Crippen molar-refractivity contribution in [3.05, 3.63) is 29.3 Å². The van der Waals surface area contributed by atoms with Gasteiger partial charge < -0.3 is 15.0 Å². The van der Waals surface area contributed by atoms with Crippen molar-refractivity contribution in [2.24, 2.45) is 0 Å². The molecule has 0 heterocycles. The van der Waals surface area contributed by atoms with Gasteiger partial charge in [-0.15, -0.1) is 0 Å². The Morgan fingerprint density at radius 2 is 2.05 bits per heavy atom. The second-order valence-electron chi connectivity index (χ2n) is 5.34. The van der Waals surface area contributed by atoms with Crippen LogP contribution >= 0.6 is 0 Å². The van der Waals surface area contributed by atoms with E-state index in [1.165, 1.54) is 16.8 Å². The molecule has 3 nitrogen and oxygen atoms in total. The highest BCUT2D eigenvalue weighted by atomic mass is 16.5. The number of hydrogen-bond acceptors (Lipinski definition) is 3. The Morgan fingerprint density at radius 1 is 1.30 bits per heavy atom. The summed E-state index contributed by atoms with van der Waals surface area (Å²) in [6, 6.07) is 7.31. The van der Waals surface area contributed by atoms with E-state index in [4.69, 9.17) is 4.74 Å². The van der Waals surface area contributed by atoms with E-state index in [0.717, 1.165) is 32.7 Å². The van der Waals surface area contributed by atoms with Crippen LogP contribution in [0.4, 0.5) is 5.69 Å². The lowest BCUT2D eigenvalue weighted by atomic mass is 10.1. The van der Waals surface area contributed by atoms with Crippen molar-refractivity contribution in [2.75, 3.05) is 31.7 Å². The number of hydrogen-bond donors (Lipinski definition) is 1. The SMILES string of the molecule is CCNCc1ccc(N(CCOC)C(C)CC)c(C)c1. The molecule has 0 amide bonds. The fourth-order valence-electron chi connectivity index (χ4n) is 2.41. The Hall–Kier alpha value is -1.06. The van der Waals surface area contributed by atoms with E-state index in [2.05, 4.69) is 56.1 Å². The highest BCUT2D eigenvalue weighted by molar-refractivity contribution is 5.55. The maximum absolute atomic E-state index is 5.25. The molecule has 0 saturated carbocycles. The molecule has 0 aliphatic rings. The fraction of sp³-hybridized carbons (Fsp3) is 0.647. The van der Waals surface area contributed by atoms with E-state index in [9.17, 15) is 0 Å². The Bertz CT molecular complexity index is 393. The molecule has 0 radical (unpaired) electrons. The molecule has 0 spiro atoms. The van der Waals surface area contributed by atoms with Gasteiger partial charge in [0.15, 0.2) is 0 Å². The number of aryl methyl sites for hydroxylation is 1. The lowest BCUT2D eigenvalue weighted by Crippen LogP contribution is -2.36. The highest BCUT2D eigenvalue weighted by Gasteiger charge is 2.14. The summed E-state index contributed by atoms with van der Waals surface area (Å²) < 4.78 is 5.25. The maximum atomic E-state index is 5.25. The number of nitrogens with one attached hydrogen (secondary N) is 1. The Morgan fingerprint density at radius 3 is 2.60 bits per heavy atom. The van der Waals surface area contributed by atoms with E-state index in [1.54, 1.807) is 7.11 Å². The van der Waals surface area contributed by atoms with Gasteiger partial charge in [-0.3, -0.25) is 0 Å². The third-order valence-electron chi connectivity index (χ3n) is 3.81. The maximum Gasteiger partial charge on any atom is 0.0637 e. The zero-order valence-corrected chi connectivity index (χ0v) is 13.7. The van der Waals surface area contributed by atoms with Gasteiger partial charge in [0.25, 0.3) is 0 Å². The first-order valence-corrected chi connectivity index (χ1v) is 7.69. The average Bonchev–Trinajstić information content (AvgIpc) is 2.46. The second-order valence-corrected chi connectivity index (χ2v) is 5.34. The predicted octanol–water partition coefficient (Wildman–Crippen LogP) is 3.36. The van der Waals surface area contributed by atoms with Crippen molar-refractivity contribution < 1.29 is 4.74 Å². The molecule has 0 fully saturated rings. The van der Waals surface area contributed by atoms with Crippen LogP contribution in [0.15, 0.2) is 18.2 Å². The minimum absolute atomic E-state index is 0.531. The van der Waals surface area contributed by atoms with Gasteiger partial charge in [0.05, 0.1) is 6.61 Å². The molecular weight excluding hydrogens is 248 g/mol. The van der Waals surface area contributed by atoms with E-state index in [1.807, 2.05) is 0 Å². The number of methoxy groups -OCH3 is 1. The second kappa shape index (κ2) is 8.98. The van der Waals surface area contributed by atoms with E-state index in [-0.39, 0.29) is 0 Å². The molecule has 0 aliphatic carbocycles. The van der Waals surface area contributed by atoms with Crippen molar-refractivity contribution in [1.82, 2.24) is 5.32 Å². The van der Waals surface area contributed by atoms with Crippen LogP contribution in [0.2, 0.25) is 0 Å². The first-order chi connectivity index (χ1) is 9.63. The van der Waals surface area contributed by atoms with Crippen molar-refractivity contribution >= 4 is 5.69 Å². The molecule has 1 aromatic rings. The van der Waals surface area contributed by atoms with Gasteiger partial charge in [-0.1, -0.05) is 26.0 Å². The standard InChI is InChI=1S/C17H30N2O/c1-6-15(4)19(10-11-20-5)17-9-8-16(12-14(17)3)13-18-7-2/h8-9,12,15,18H,6-7,10-11,13H2,1-5H3. The third-order valence-corrected chi connectivity index (χ3v) is 3.81. The minimum atomic E-state index is 0.531. The largest absolute Gasteiger partial charge is 0.383 e. The molecule has 20 heavy (non-hydrogen) atoms. The highest BCUT2D eigenvalue weighted by Crippen LogP contribution is 2.24. The van der Waals surface area contributed by atoms with Crippen LogP contribution in [-0.2, 0) is 11.3 Å². The summed E-state index contributed by atoms with van der Waals surface area (Å²) in [7, 11) is 1.77. The first-order valence-electron chi connectivity index (χ1n) is 7.69. The van der Waals surface area contributed by atoms with Gasteiger partial charge in [-0.05, 0) is 44.0 Å². The lowest BCUT2D eigenvalue weighted by molar-refractivity contribution is 0.203. The van der Waals surface area contributed by atoms with Crippen LogP contribution in [0, 0.1) is 6.92 Å². The summed E-state index contributed by atoms with van der Waals surface area (Å²) in [5, 5.41) is 3.38. The molecule has 1 aromatic carbocycles. The normalized spacial score (nSPS) is 12.4. The fourth-order valence-corrected chi connectivity index (χ4v) is 2.41. The van der Waals surface area contributed by atoms with E-state index >= 15 is 0 Å². The van der Waals surface area contributed by atoms with Crippen LogP contribution < -0.4 is 10.2 Å². The molecule has 1 N–H and O–H groups in total. The molecule has 1 rings (SSSR count). The summed E-state index contributed by atoms with van der Waals surface area (Å²) in [6.07, 6.45) is 1.14. The number of nitrogens with zero attached hydrogens (tertiary/aromatic N) is 1. The summed E-state index contributed by atoms with van der Waals surface area (Å²) in [4.78, 5) is 2.45. The summed E-state index contributed by atoms with van der Waals surface area (Å²) in [6.45, 7) is 12.5. The molecule has 0 aromatic heterocycles. The quantitative estimate of drug-likeness (QED) is 0.749. The van der Waals surface area contributed by atoms with Gasteiger partial charge in [-0.25, -0.2) is 0 Å². The topological polar surface area (TPSA) is 24.5 Å². The van der Waals surface area contributed by atoms with Crippen molar-refractivity contribution in [1.29, 1.82) is 0 Å². The molecule has 1 unspecified atom stereocenters. The third kappa shape index (κ3) is 4.80. The number of anilines is 1. The van der Waals surface area contributed by atoms with Crippen LogP contribution in [-0.4, -0.2) is 32.8 Å². The number of ether oxygens (including phenoxy) is 1. The van der Waals surface area contributed by atoms with Crippen LogP contribution in [0.5, 0.6) is 0 Å². The van der Waals surface area contributed by atoms with Gasteiger partial charge in [0.2, 0.25) is 0 Å². The Balaban J connectivity index is 2.89. The minimum Gasteiger partial charge on any atom is -0.383 e. The zero-order valence-electron chi connectivity index (χ0n) is 13.7. The van der Waals surface area contributed by atoms with Crippen molar-refractivity contribution in [2.45, 2.75) is 46.7 Å². The lowest BCUT2D eigenvalue weighted by Gasteiger charge is -2.32. The van der Waals surface area contributed by atoms with Gasteiger partial charge in [0, 0.05) is 31.9 Å². The van der Waals surface area contributed by atoms with Crippen molar-refractivity contribution in [3.63, 3.8) is 0 Å². The Labute approximate surface area is 124 Å². The van der Waals surface area contributed by atoms with Crippen LogP contribution in [0.1, 0.15) is 38.3 Å². The number of benzene rings is 1. The zero-order chi connectivity index (χ0) is 15.0. The summed E-state index contributed by atoms with van der Waals surface area (Å²) >= 11 is 0. The average molecular weight is 278 g/mol. The van der Waals surface area contributed by atoms with Crippen molar-refractivity contribution in [3.8, 4) is 0 Å². The smallest absolute Gasteiger partial charge is 0.0637 e. The van der Waals surface area contributed by atoms with Gasteiger partial charge >= 0.3 is 0 Å². The molecular formula is C17H30N2O. The molecule has 114 valence electrons. The molecule has 1 atom stereocenters. The molecule has 0 aliphatic heterocycles. The van der Waals surface area contributed by atoms with E-state index in [0.29, 0.717) is 6.04 Å². The number of rotatable bonds is 9. The summed E-state index contributed by atoms with van der Waals surface area (Å²) in [5.74, 6) is 0. The Kier molecular flexibility index (Phi) is 7.63. The monoisotopic (exact) mass is 278 g/mol. The van der Waals surface area contributed by atoms with Gasteiger partial charge in [0.1, 0.15) is 0 Å². The van der Waals surface area contributed by atoms with Crippen LogP contribution in [0.3, 0.4) is 0 Å². The molecule has 0 bridgehead atoms. The molecule has 0 saturated heterocycles. The predicted molar refractivity (Wildman–Crippen MR) is 87.5 cm³/mol. The van der Waals surface area contributed by atoms with Crippen LogP contribution in [0.25, 0.3) is 0 Å². The summed E-state index contributed by atoms with van der Waals surface area (Å²) in [5.41, 5.74) is 4.03. The van der Waals surface area contributed by atoms with E-state index < -0.39 is 0 Å². The molecule has 3 heteroatoms. The first kappa shape index (κ1) is 17.0.